The van der Waals surface area contributed by atoms with Crippen LogP contribution >= 0.6 is 11.6 Å². The van der Waals surface area contributed by atoms with Gasteiger partial charge in [-0.25, -0.2) is 9.69 Å². The predicted molar refractivity (Wildman–Crippen MR) is 95.6 cm³/mol. The van der Waals surface area contributed by atoms with Crippen molar-refractivity contribution in [3.63, 3.8) is 0 Å². The molecule has 3 unspecified atom stereocenters. The number of anilines is 1. The van der Waals surface area contributed by atoms with E-state index < -0.39 is 0 Å². The molecule has 1 N–H and O–H groups in total. The molecule has 1 aromatic heterocycles. The number of urea groups is 1. The van der Waals surface area contributed by atoms with Crippen molar-refractivity contribution in [3.8, 4) is 0 Å². The number of carbonyl (C=O) groups is 2. The minimum absolute atomic E-state index is 0.139. The van der Waals surface area contributed by atoms with Gasteiger partial charge in [0.25, 0.3) is 0 Å². The van der Waals surface area contributed by atoms with Crippen LogP contribution in [0.5, 0.6) is 0 Å². The zero-order valence-electron chi connectivity index (χ0n) is 13.6. The van der Waals surface area contributed by atoms with Gasteiger partial charge in [-0.05, 0) is 48.9 Å². The summed E-state index contributed by atoms with van der Waals surface area (Å²) in [5.41, 5.74) is 1.61. The number of amides is 3. The molecule has 1 aliphatic carbocycles. The summed E-state index contributed by atoms with van der Waals surface area (Å²) in [5.74, 6) is -0.0796. The molecule has 128 valence electrons. The second-order valence-corrected chi connectivity index (χ2v) is 6.99. The Morgan fingerprint density at radius 3 is 2.72 bits per heavy atom. The van der Waals surface area contributed by atoms with Crippen molar-refractivity contribution in [2.24, 2.45) is 5.92 Å². The molecule has 2 aromatic rings. The second kappa shape index (κ2) is 6.48. The molecular weight excluding hydrogens is 338 g/mol. The van der Waals surface area contributed by atoms with E-state index >= 15 is 0 Å². The quantitative estimate of drug-likeness (QED) is 0.892. The number of nitrogens with one attached hydrogen (secondary N) is 1. The van der Waals surface area contributed by atoms with Gasteiger partial charge in [0.15, 0.2) is 0 Å². The van der Waals surface area contributed by atoms with Gasteiger partial charge < -0.3 is 5.32 Å². The molecule has 3 amide bonds. The molecule has 6 heteroatoms. The van der Waals surface area contributed by atoms with E-state index in [4.69, 9.17) is 11.6 Å². The number of hydrogen-bond donors (Lipinski definition) is 1. The van der Waals surface area contributed by atoms with Gasteiger partial charge in [0.05, 0.1) is 17.8 Å². The SMILES string of the molecule is O=C1NC2CC(c3ccccc3Cl)CCC2C(=O)N1c1cccnc1. The summed E-state index contributed by atoms with van der Waals surface area (Å²) in [6.07, 6.45) is 5.50. The van der Waals surface area contributed by atoms with Gasteiger partial charge in [-0.15, -0.1) is 0 Å². The number of halogens is 1. The molecule has 2 heterocycles. The highest BCUT2D eigenvalue weighted by molar-refractivity contribution is 6.31. The third kappa shape index (κ3) is 2.89. The minimum Gasteiger partial charge on any atom is -0.334 e. The van der Waals surface area contributed by atoms with Crippen LogP contribution in [0.3, 0.4) is 0 Å². The van der Waals surface area contributed by atoms with Crippen molar-refractivity contribution in [3.05, 3.63) is 59.4 Å². The highest BCUT2D eigenvalue weighted by atomic mass is 35.5. The minimum atomic E-state index is -0.376. The summed E-state index contributed by atoms with van der Waals surface area (Å²) in [6, 6.07) is 10.7. The third-order valence-corrected chi connectivity index (χ3v) is 5.49. The van der Waals surface area contributed by atoms with Crippen molar-refractivity contribution >= 4 is 29.2 Å². The Balaban J connectivity index is 1.56. The summed E-state index contributed by atoms with van der Waals surface area (Å²) in [7, 11) is 0. The van der Waals surface area contributed by atoms with E-state index in [-0.39, 0.29) is 29.8 Å². The van der Waals surface area contributed by atoms with Gasteiger partial charge in [-0.3, -0.25) is 9.78 Å². The highest BCUT2D eigenvalue weighted by Gasteiger charge is 2.45. The first-order valence-electron chi connectivity index (χ1n) is 8.44. The normalized spacial score (nSPS) is 26.1. The number of pyridine rings is 1. The average molecular weight is 356 g/mol. The van der Waals surface area contributed by atoms with E-state index in [1.807, 2.05) is 24.3 Å². The van der Waals surface area contributed by atoms with Gasteiger partial charge in [0, 0.05) is 17.3 Å². The number of hydrogen-bond acceptors (Lipinski definition) is 3. The summed E-state index contributed by atoms with van der Waals surface area (Å²) < 4.78 is 0. The Morgan fingerprint density at radius 2 is 1.96 bits per heavy atom. The van der Waals surface area contributed by atoms with Gasteiger partial charge in [0.2, 0.25) is 5.91 Å². The van der Waals surface area contributed by atoms with Crippen molar-refractivity contribution in [1.29, 1.82) is 0 Å². The van der Waals surface area contributed by atoms with Crippen LogP contribution in [-0.2, 0) is 4.79 Å². The molecule has 2 fully saturated rings. The van der Waals surface area contributed by atoms with Crippen LogP contribution in [-0.4, -0.2) is 23.0 Å². The lowest BCUT2D eigenvalue weighted by atomic mass is 9.74. The molecular formula is C19H18ClN3O2. The summed E-state index contributed by atoms with van der Waals surface area (Å²) in [5, 5.41) is 3.76. The number of imide groups is 1. The Labute approximate surface area is 151 Å². The van der Waals surface area contributed by atoms with Crippen molar-refractivity contribution in [1.82, 2.24) is 10.3 Å². The first-order chi connectivity index (χ1) is 12.1. The molecule has 0 radical (unpaired) electrons. The lowest BCUT2D eigenvalue weighted by Crippen LogP contribution is -2.61. The fourth-order valence-electron chi connectivity index (χ4n) is 3.93. The largest absolute Gasteiger partial charge is 0.334 e. The smallest absolute Gasteiger partial charge is 0.329 e. The number of aromatic nitrogens is 1. The molecule has 0 spiro atoms. The lowest BCUT2D eigenvalue weighted by Gasteiger charge is -2.42. The van der Waals surface area contributed by atoms with Crippen LogP contribution in [0.25, 0.3) is 0 Å². The fraction of sp³-hybridized carbons (Fsp3) is 0.316. The maximum absolute atomic E-state index is 12.9. The average Bonchev–Trinajstić information content (AvgIpc) is 2.62. The van der Waals surface area contributed by atoms with E-state index in [2.05, 4.69) is 10.3 Å². The third-order valence-electron chi connectivity index (χ3n) is 5.15. The topological polar surface area (TPSA) is 62.3 Å². The standard InChI is InChI=1S/C19H18ClN3O2/c20-16-6-2-1-5-14(16)12-7-8-15-17(10-12)22-19(25)23(18(15)24)13-4-3-9-21-11-13/h1-6,9,11-12,15,17H,7-8,10H2,(H,22,25). The van der Waals surface area contributed by atoms with Gasteiger partial charge >= 0.3 is 6.03 Å². The van der Waals surface area contributed by atoms with E-state index in [9.17, 15) is 9.59 Å². The number of carbonyl (C=O) groups excluding carboxylic acids is 2. The molecule has 1 aliphatic heterocycles. The van der Waals surface area contributed by atoms with Gasteiger partial charge in [-0.1, -0.05) is 29.8 Å². The van der Waals surface area contributed by atoms with Crippen LogP contribution in [0.1, 0.15) is 30.7 Å². The highest BCUT2D eigenvalue weighted by Crippen LogP contribution is 2.41. The number of nitrogens with zero attached hydrogens (tertiary/aromatic N) is 2. The summed E-state index contributed by atoms with van der Waals surface area (Å²) >= 11 is 6.32. The van der Waals surface area contributed by atoms with Crippen LogP contribution in [0.2, 0.25) is 5.02 Å². The predicted octanol–water partition coefficient (Wildman–Crippen LogP) is 3.74. The van der Waals surface area contributed by atoms with Crippen LogP contribution in [0.4, 0.5) is 10.5 Å². The zero-order valence-corrected chi connectivity index (χ0v) is 14.3. The molecule has 1 aromatic carbocycles. The van der Waals surface area contributed by atoms with Gasteiger partial charge in [-0.2, -0.15) is 0 Å². The number of rotatable bonds is 2. The van der Waals surface area contributed by atoms with E-state index in [0.717, 1.165) is 29.8 Å². The van der Waals surface area contributed by atoms with Crippen LogP contribution in [0, 0.1) is 5.92 Å². The number of fused-ring (bicyclic) bond motifs is 1. The Kier molecular flexibility index (Phi) is 4.17. The van der Waals surface area contributed by atoms with Crippen molar-refractivity contribution < 1.29 is 9.59 Å². The molecule has 25 heavy (non-hydrogen) atoms. The van der Waals surface area contributed by atoms with Gasteiger partial charge in [0.1, 0.15) is 0 Å². The first kappa shape index (κ1) is 16.1. The molecule has 2 aliphatic rings. The van der Waals surface area contributed by atoms with Crippen LogP contribution in [0.15, 0.2) is 48.8 Å². The first-order valence-corrected chi connectivity index (χ1v) is 8.82. The molecule has 3 atom stereocenters. The monoisotopic (exact) mass is 355 g/mol. The Morgan fingerprint density at radius 1 is 1.12 bits per heavy atom. The molecule has 1 saturated heterocycles. The van der Waals surface area contributed by atoms with Crippen molar-refractivity contribution in [2.45, 2.75) is 31.2 Å². The summed E-state index contributed by atoms with van der Waals surface area (Å²) in [4.78, 5) is 30.6. The lowest BCUT2D eigenvalue weighted by molar-refractivity contribution is -0.124. The number of benzene rings is 1. The maximum atomic E-state index is 12.9. The summed E-state index contributed by atoms with van der Waals surface area (Å²) in [6.45, 7) is 0. The molecule has 5 nitrogen and oxygen atoms in total. The molecule has 1 saturated carbocycles. The maximum Gasteiger partial charge on any atom is 0.329 e. The second-order valence-electron chi connectivity index (χ2n) is 6.58. The van der Waals surface area contributed by atoms with E-state index in [0.29, 0.717) is 5.69 Å². The van der Waals surface area contributed by atoms with Crippen LogP contribution < -0.4 is 10.2 Å². The van der Waals surface area contributed by atoms with E-state index in [1.54, 1.807) is 18.3 Å². The fourth-order valence-corrected chi connectivity index (χ4v) is 4.22. The Hall–Kier alpha value is -2.40. The molecule has 0 bridgehead atoms. The van der Waals surface area contributed by atoms with E-state index in [1.165, 1.54) is 11.1 Å². The zero-order chi connectivity index (χ0) is 17.4. The van der Waals surface area contributed by atoms with Crippen molar-refractivity contribution in [2.75, 3.05) is 4.90 Å². The Bertz CT molecular complexity index is 811. The molecule has 4 rings (SSSR count).